The molecule has 0 aliphatic heterocycles. The number of benzene rings is 3. The van der Waals surface area contributed by atoms with Crippen molar-refractivity contribution in [3.8, 4) is 16.9 Å². The van der Waals surface area contributed by atoms with E-state index in [1.807, 2.05) is 57.2 Å². The van der Waals surface area contributed by atoms with Crippen LogP contribution in [0.4, 0.5) is 9.59 Å². The number of carbonyl (C=O) groups excluding carboxylic acids is 2. The zero-order chi connectivity index (χ0) is 31.3. The van der Waals surface area contributed by atoms with Gasteiger partial charge in [0.15, 0.2) is 11.0 Å². The van der Waals surface area contributed by atoms with E-state index in [0.717, 1.165) is 35.7 Å². The number of fused-ring (bicyclic) bond motifs is 4. The van der Waals surface area contributed by atoms with Gasteiger partial charge in [-0.1, -0.05) is 48.5 Å². The van der Waals surface area contributed by atoms with Crippen LogP contribution in [0.2, 0.25) is 0 Å². The minimum Gasteiger partial charge on any atom is -0.493 e. The first-order valence-corrected chi connectivity index (χ1v) is 15.4. The molecule has 2 N–H and O–H groups in total. The van der Waals surface area contributed by atoms with E-state index in [2.05, 4.69) is 63.9 Å². The molecular weight excluding hydrogens is 556 g/mol. The summed E-state index contributed by atoms with van der Waals surface area (Å²) < 4.78 is 21.5. The quantitative estimate of drug-likeness (QED) is 0.156. The average Bonchev–Trinajstić information content (AvgIpc) is 3.49. The number of alkyl carbamates (subject to hydrolysis) is 2. The lowest BCUT2D eigenvalue weighted by atomic mass is 9.98. The molecule has 0 saturated heterocycles. The molecule has 1 aliphatic rings. The fraction of sp³-hybridized carbons (Fsp3) is 0.400. The average molecular weight is 600 g/mol. The Hall–Kier alpha value is -4.53. The molecule has 9 nitrogen and oxygen atoms in total. The number of rotatable bonds is 11. The molecule has 232 valence electrons. The molecule has 0 saturated carbocycles. The van der Waals surface area contributed by atoms with Crippen molar-refractivity contribution in [2.75, 3.05) is 19.8 Å². The Morgan fingerprint density at radius 2 is 1.59 bits per heavy atom. The molecule has 5 rings (SSSR count). The number of aryl methyl sites for hydroxylation is 2. The fourth-order valence-corrected chi connectivity index (χ4v) is 5.93. The van der Waals surface area contributed by atoms with E-state index in [0.29, 0.717) is 26.1 Å². The summed E-state index contributed by atoms with van der Waals surface area (Å²) in [6, 6.07) is 22.7. The Kier molecular flexibility index (Phi) is 9.42. The van der Waals surface area contributed by atoms with Crippen LogP contribution in [0.15, 0.2) is 66.7 Å². The van der Waals surface area contributed by atoms with Gasteiger partial charge in [0, 0.05) is 18.5 Å². The van der Waals surface area contributed by atoms with Gasteiger partial charge in [0.05, 0.1) is 19.7 Å². The van der Waals surface area contributed by atoms with Crippen LogP contribution < -0.4 is 19.9 Å². The number of imidazole rings is 1. The highest BCUT2D eigenvalue weighted by Crippen LogP contribution is 2.44. The van der Waals surface area contributed by atoms with Gasteiger partial charge in [0.25, 0.3) is 5.82 Å². The van der Waals surface area contributed by atoms with Gasteiger partial charge in [-0.3, -0.25) is 0 Å². The van der Waals surface area contributed by atoms with Crippen LogP contribution in [0, 0.1) is 0 Å². The van der Waals surface area contributed by atoms with Gasteiger partial charge in [-0.25, -0.2) is 18.7 Å². The first kappa shape index (κ1) is 30.9. The summed E-state index contributed by atoms with van der Waals surface area (Å²) in [5.74, 6) is 1.75. The lowest BCUT2D eigenvalue weighted by Crippen LogP contribution is -2.40. The molecule has 0 spiro atoms. The van der Waals surface area contributed by atoms with Crippen molar-refractivity contribution in [2.24, 2.45) is 0 Å². The van der Waals surface area contributed by atoms with Crippen LogP contribution in [-0.4, -0.2) is 42.1 Å². The molecule has 0 fully saturated rings. The summed E-state index contributed by atoms with van der Waals surface area (Å²) in [5, 5.41) is 5.74. The van der Waals surface area contributed by atoms with Crippen LogP contribution >= 0.6 is 0 Å². The second-order valence-electron chi connectivity index (χ2n) is 11.9. The van der Waals surface area contributed by atoms with Crippen LogP contribution in [0.1, 0.15) is 63.9 Å². The zero-order valence-electron chi connectivity index (χ0n) is 26.3. The number of hydrogen-bond donors (Lipinski definition) is 2. The standard InChI is InChI=1S/C35H42N4O5/c1-6-38-30-18-17-24(42-20-12-19-36-34(41)44-35(3,4)5)21-31(30)39(7-2)32(38)22-37-33(40)43-23-29-27-15-10-8-13-25(27)26-14-9-11-16-28(26)29/h8-11,13-18,21,29H,6-7,12,19-20,22-23H2,1-5H3,(H-,36,37,40,41)/p+1. The number of nitrogens with one attached hydrogen (secondary N) is 2. The third kappa shape index (κ3) is 6.82. The predicted molar refractivity (Wildman–Crippen MR) is 170 cm³/mol. The highest BCUT2D eigenvalue weighted by Gasteiger charge is 2.29. The van der Waals surface area contributed by atoms with E-state index in [1.54, 1.807) is 0 Å². The van der Waals surface area contributed by atoms with Crippen molar-refractivity contribution in [2.45, 2.75) is 72.2 Å². The summed E-state index contributed by atoms with van der Waals surface area (Å²) in [6.07, 6.45) is -0.217. The maximum Gasteiger partial charge on any atom is 0.407 e. The van der Waals surface area contributed by atoms with Crippen LogP contribution in [0.25, 0.3) is 22.2 Å². The molecule has 44 heavy (non-hydrogen) atoms. The Balaban J connectivity index is 1.20. The summed E-state index contributed by atoms with van der Waals surface area (Å²) in [7, 11) is 0. The summed E-state index contributed by atoms with van der Waals surface area (Å²) in [4.78, 5) is 24.8. The van der Waals surface area contributed by atoms with E-state index in [4.69, 9.17) is 14.2 Å². The SMILES string of the molecule is CCn1c(CNC(=O)OCC2c3ccccc3-c3ccccc32)[n+](CC)c2ccc(OCCCNC(=O)OC(C)(C)C)cc21. The first-order valence-electron chi connectivity index (χ1n) is 15.4. The van der Waals surface area contributed by atoms with Crippen LogP contribution in [0.5, 0.6) is 5.75 Å². The van der Waals surface area contributed by atoms with Crippen molar-refractivity contribution in [3.63, 3.8) is 0 Å². The fourth-order valence-electron chi connectivity index (χ4n) is 5.93. The minimum absolute atomic E-state index is 0.0160. The molecule has 0 bridgehead atoms. The second kappa shape index (κ2) is 13.4. The van der Waals surface area contributed by atoms with E-state index in [1.165, 1.54) is 22.3 Å². The van der Waals surface area contributed by atoms with Crippen LogP contribution in [-0.2, 0) is 29.1 Å². The number of nitrogens with zero attached hydrogens (tertiary/aromatic N) is 2. The van der Waals surface area contributed by atoms with Crippen molar-refractivity contribution >= 4 is 23.2 Å². The van der Waals surface area contributed by atoms with Gasteiger partial charge in [-0.2, -0.15) is 0 Å². The normalized spacial score (nSPS) is 12.5. The number of ether oxygens (including phenoxy) is 3. The predicted octanol–water partition coefficient (Wildman–Crippen LogP) is 6.30. The Morgan fingerprint density at radius 1 is 0.909 bits per heavy atom. The van der Waals surface area contributed by atoms with Crippen molar-refractivity contribution < 1.29 is 28.4 Å². The molecule has 0 radical (unpaired) electrons. The minimum atomic E-state index is -0.524. The molecule has 1 aliphatic carbocycles. The number of carbonyl (C=O) groups is 2. The molecule has 2 amide bonds. The third-order valence-corrected chi connectivity index (χ3v) is 7.78. The molecule has 1 aromatic heterocycles. The van der Waals surface area contributed by atoms with Crippen molar-refractivity contribution in [3.05, 3.63) is 83.7 Å². The zero-order valence-corrected chi connectivity index (χ0v) is 26.3. The van der Waals surface area contributed by atoms with Gasteiger partial charge in [0.1, 0.15) is 24.5 Å². The van der Waals surface area contributed by atoms with Gasteiger partial charge in [-0.05, 0) is 75.4 Å². The Bertz CT molecular complexity index is 1590. The third-order valence-electron chi connectivity index (χ3n) is 7.78. The monoisotopic (exact) mass is 599 g/mol. The summed E-state index contributed by atoms with van der Waals surface area (Å²) in [5.41, 5.74) is 6.36. The number of hydrogen-bond acceptors (Lipinski definition) is 5. The second-order valence-corrected chi connectivity index (χ2v) is 11.9. The lowest BCUT2D eigenvalue weighted by molar-refractivity contribution is -0.676. The van der Waals surface area contributed by atoms with Crippen molar-refractivity contribution in [1.29, 1.82) is 0 Å². The molecular formula is C35H43N4O5+. The van der Waals surface area contributed by atoms with E-state index in [9.17, 15) is 9.59 Å². The number of aromatic nitrogens is 2. The van der Waals surface area contributed by atoms with Gasteiger partial charge < -0.3 is 24.8 Å². The summed E-state index contributed by atoms with van der Waals surface area (Å²) >= 11 is 0. The van der Waals surface area contributed by atoms with Gasteiger partial charge in [-0.15, -0.1) is 0 Å². The number of amides is 2. The Labute approximate surface area is 259 Å². The Morgan fingerprint density at radius 3 is 2.23 bits per heavy atom. The maximum absolute atomic E-state index is 12.9. The highest BCUT2D eigenvalue weighted by atomic mass is 16.6. The molecule has 9 heteroatoms. The highest BCUT2D eigenvalue weighted by molar-refractivity contribution is 5.79. The smallest absolute Gasteiger partial charge is 0.407 e. The maximum atomic E-state index is 12.9. The molecule has 0 unspecified atom stereocenters. The van der Waals surface area contributed by atoms with Crippen molar-refractivity contribution in [1.82, 2.24) is 15.2 Å². The van der Waals surface area contributed by atoms with Gasteiger partial charge in [0.2, 0.25) is 0 Å². The molecule has 3 aromatic carbocycles. The lowest BCUT2D eigenvalue weighted by Gasteiger charge is -2.19. The first-order chi connectivity index (χ1) is 21.2. The molecule has 1 heterocycles. The topological polar surface area (TPSA) is 94.7 Å². The van der Waals surface area contributed by atoms with Crippen LogP contribution in [0.3, 0.4) is 0 Å². The molecule has 0 atom stereocenters. The van der Waals surface area contributed by atoms with E-state index >= 15 is 0 Å². The molecule has 4 aromatic rings. The summed E-state index contributed by atoms with van der Waals surface area (Å²) in [6.45, 7) is 12.7. The van der Waals surface area contributed by atoms with Gasteiger partial charge >= 0.3 is 12.2 Å². The van der Waals surface area contributed by atoms with E-state index < -0.39 is 17.8 Å². The van der Waals surface area contributed by atoms with E-state index in [-0.39, 0.29) is 12.5 Å². The largest absolute Gasteiger partial charge is 0.493 e.